The van der Waals surface area contributed by atoms with Crippen LogP contribution in [0.25, 0.3) is 11.0 Å². The maximum Gasteiger partial charge on any atom is 0.260 e. The number of halogens is 1. The predicted molar refractivity (Wildman–Crippen MR) is 135 cm³/mol. The van der Waals surface area contributed by atoms with Crippen LogP contribution in [-0.4, -0.2) is 60.9 Å². The normalized spacial score (nSPS) is 16.5. The van der Waals surface area contributed by atoms with Gasteiger partial charge in [0.1, 0.15) is 5.82 Å². The molecule has 0 N–H and O–H groups in total. The number of imidazole rings is 1. The second kappa shape index (κ2) is 8.72. The van der Waals surface area contributed by atoms with E-state index in [4.69, 9.17) is 0 Å². The van der Waals surface area contributed by atoms with Crippen LogP contribution in [0.1, 0.15) is 10.4 Å². The van der Waals surface area contributed by atoms with Crippen molar-refractivity contribution in [2.24, 2.45) is 0 Å². The minimum Gasteiger partial charge on any atom is -0.369 e. The molecule has 3 heterocycles. The summed E-state index contributed by atoms with van der Waals surface area (Å²) in [7, 11) is -3.78. The highest BCUT2D eigenvalue weighted by atomic mass is 32.2. The first kappa shape index (κ1) is 22.7. The molecule has 36 heavy (non-hydrogen) atoms. The number of benzene rings is 3. The lowest BCUT2D eigenvalue weighted by molar-refractivity contribution is 0.0988. The highest BCUT2D eigenvalue weighted by Crippen LogP contribution is 2.29. The quantitative estimate of drug-likeness (QED) is 0.425. The van der Waals surface area contributed by atoms with Crippen molar-refractivity contribution in [1.82, 2.24) is 13.9 Å². The summed E-state index contributed by atoms with van der Waals surface area (Å²) < 4.78 is 43.5. The van der Waals surface area contributed by atoms with Gasteiger partial charge in [-0.2, -0.15) is 4.31 Å². The summed E-state index contributed by atoms with van der Waals surface area (Å²) in [6, 6.07) is 20.1. The Kier molecular flexibility index (Phi) is 5.50. The minimum absolute atomic E-state index is 0.0938. The number of sulfonamides is 1. The van der Waals surface area contributed by atoms with E-state index in [0.717, 1.165) is 16.7 Å². The number of amides is 1. The molecule has 2 aliphatic rings. The average molecular weight is 506 g/mol. The molecule has 2 aliphatic heterocycles. The van der Waals surface area contributed by atoms with Gasteiger partial charge in [0, 0.05) is 50.5 Å². The Bertz CT molecular complexity index is 1560. The molecule has 0 radical (unpaired) electrons. The van der Waals surface area contributed by atoms with Crippen molar-refractivity contribution in [2.45, 2.75) is 11.4 Å². The van der Waals surface area contributed by atoms with Crippen LogP contribution in [-0.2, 0) is 16.6 Å². The number of carbonyl (C=O) groups is 1. The van der Waals surface area contributed by atoms with Crippen LogP contribution in [0.3, 0.4) is 0 Å². The van der Waals surface area contributed by atoms with E-state index < -0.39 is 10.0 Å². The molecule has 0 bridgehead atoms. The Labute approximate surface area is 208 Å². The van der Waals surface area contributed by atoms with Crippen LogP contribution in [0.15, 0.2) is 77.7 Å². The van der Waals surface area contributed by atoms with Gasteiger partial charge in [-0.1, -0.05) is 18.2 Å². The van der Waals surface area contributed by atoms with Gasteiger partial charge in [-0.3, -0.25) is 9.69 Å². The maximum atomic E-state index is 13.4. The number of piperazine rings is 1. The molecule has 6 rings (SSSR count). The van der Waals surface area contributed by atoms with Crippen LogP contribution < -0.4 is 9.80 Å². The molecule has 1 amide bonds. The molecule has 184 valence electrons. The van der Waals surface area contributed by atoms with Crippen LogP contribution in [0.5, 0.6) is 0 Å². The van der Waals surface area contributed by atoms with E-state index in [1.54, 1.807) is 29.2 Å². The standard InChI is InChI=1S/C26H24FN5O3S/c27-20-8-10-21(11-9-20)29-12-14-30(15-13-29)36(34,35)22-5-3-4-19(18-22)25(33)32-17-16-31-24-7-2-1-6-23(24)28-26(31)32/h1-11,18H,12-17H2. The molecule has 4 aromatic rings. The lowest BCUT2D eigenvalue weighted by atomic mass is 10.2. The van der Waals surface area contributed by atoms with Crippen LogP contribution in [0.2, 0.25) is 0 Å². The molecular formula is C26H24FN5O3S. The molecule has 0 aliphatic carbocycles. The lowest BCUT2D eigenvalue weighted by Gasteiger charge is -2.35. The highest BCUT2D eigenvalue weighted by Gasteiger charge is 2.32. The van der Waals surface area contributed by atoms with Gasteiger partial charge in [0.15, 0.2) is 0 Å². The third-order valence-corrected chi connectivity index (χ3v) is 8.71. The van der Waals surface area contributed by atoms with E-state index in [0.29, 0.717) is 50.8 Å². The summed E-state index contributed by atoms with van der Waals surface area (Å²) in [4.78, 5) is 21.7. The van der Waals surface area contributed by atoms with Gasteiger partial charge >= 0.3 is 0 Å². The smallest absolute Gasteiger partial charge is 0.260 e. The Hall–Kier alpha value is -3.76. The van der Waals surface area contributed by atoms with Crippen molar-refractivity contribution < 1.29 is 17.6 Å². The fourth-order valence-electron chi connectivity index (χ4n) is 4.91. The second-order valence-electron chi connectivity index (χ2n) is 8.90. The van der Waals surface area contributed by atoms with Crippen LogP contribution >= 0.6 is 0 Å². The zero-order valence-corrected chi connectivity index (χ0v) is 20.2. The monoisotopic (exact) mass is 505 g/mol. The van der Waals surface area contributed by atoms with Crippen molar-refractivity contribution in [2.75, 3.05) is 42.5 Å². The van der Waals surface area contributed by atoms with E-state index in [9.17, 15) is 17.6 Å². The number of aromatic nitrogens is 2. The third kappa shape index (κ3) is 3.82. The van der Waals surface area contributed by atoms with Gasteiger partial charge in [-0.25, -0.2) is 17.8 Å². The van der Waals surface area contributed by atoms with Gasteiger partial charge in [-0.15, -0.1) is 0 Å². The number of para-hydroxylation sites is 2. The largest absolute Gasteiger partial charge is 0.369 e. The molecule has 8 nitrogen and oxygen atoms in total. The SMILES string of the molecule is O=C(c1cccc(S(=O)(=O)N2CCN(c3ccc(F)cc3)CC2)c1)N1CCn2c1nc1ccccc12. The fourth-order valence-corrected chi connectivity index (χ4v) is 6.38. The number of hydrogen-bond acceptors (Lipinski definition) is 5. The Balaban J connectivity index is 1.21. The molecule has 10 heteroatoms. The molecule has 0 saturated carbocycles. The van der Waals surface area contributed by atoms with Crippen molar-refractivity contribution in [3.05, 3.63) is 84.2 Å². The molecular weight excluding hydrogens is 481 g/mol. The average Bonchev–Trinajstić information content (AvgIpc) is 3.48. The maximum absolute atomic E-state index is 13.4. The summed E-state index contributed by atoms with van der Waals surface area (Å²) in [5.41, 5.74) is 2.96. The summed E-state index contributed by atoms with van der Waals surface area (Å²) in [5.74, 6) is -0.00539. The minimum atomic E-state index is -3.78. The highest BCUT2D eigenvalue weighted by molar-refractivity contribution is 7.89. The van der Waals surface area contributed by atoms with E-state index in [1.807, 2.05) is 33.7 Å². The molecule has 0 spiro atoms. The molecule has 3 aromatic carbocycles. The van der Waals surface area contributed by atoms with E-state index in [-0.39, 0.29) is 16.6 Å². The first-order valence-corrected chi connectivity index (χ1v) is 13.2. The van der Waals surface area contributed by atoms with E-state index in [1.165, 1.54) is 28.6 Å². The van der Waals surface area contributed by atoms with Crippen molar-refractivity contribution >= 4 is 38.6 Å². The van der Waals surface area contributed by atoms with Gasteiger partial charge in [-0.05, 0) is 54.6 Å². The fraction of sp³-hybridized carbons (Fsp3) is 0.231. The van der Waals surface area contributed by atoms with Crippen molar-refractivity contribution in [3.63, 3.8) is 0 Å². The van der Waals surface area contributed by atoms with Crippen LogP contribution in [0, 0.1) is 5.82 Å². The number of hydrogen-bond donors (Lipinski definition) is 0. The number of fused-ring (bicyclic) bond motifs is 3. The first-order valence-electron chi connectivity index (χ1n) is 11.8. The second-order valence-corrected chi connectivity index (χ2v) is 10.8. The zero-order valence-electron chi connectivity index (χ0n) is 19.4. The Morgan fingerprint density at radius 2 is 1.58 bits per heavy atom. The summed E-state index contributed by atoms with van der Waals surface area (Å²) in [6.45, 7) is 2.70. The Morgan fingerprint density at radius 3 is 2.36 bits per heavy atom. The number of anilines is 2. The third-order valence-electron chi connectivity index (χ3n) is 6.82. The zero-order chi connectivity index (χ0) is 24.9. The van der Waals surface area contributed by atoms with E-state index in [2.05, 4.69) is 4.98 Å². The summed E-state index contributed by atoms with van der Waals surface area (Å²) >= 11 is 0. The molecule has 0 atom stereocenters. The van der Waals surface area contributed by atoms with Crippen LogP contribution in [0.4, 0.5) is 16.0 Å². The Morgan fingerprint density at radius 1 is 0.833 bits per heavy atom. The molecule has 1 aromatic heterocycles. The van der Waals surface area contributed by atoms with Gasteiger partial charge in [0.05, 0.1) is 15.9 Å². The van der Waals surface area contributed by atoms with Gasteiger partial charge in [0.25, 0.3) is 5.91 Å². The lowest BCUT2D eigenvalue weighted by Crippen LogP contribution is -2.48. The number of carbonyl (C=O) groups excluding carboxylic acids is 1. The first-order chi connectivity index (χ1) is 17.4. The van der Waals surface area contributed by atoms with Gasteiger partial charge in [0.2, 0.25) is 16.0 Å². The van der Waals surface area contributed by atoms with Crippen molar-refractivity contribution in [1.29, 1.82) is 0 Å². The molecule has 1 saturated heterocycles. The predicted octanol–water partition coefficient (Wildman–Crippen LogP) is 3.35. The van der Waals surface area contributed by atoms with E-state index >= 15 is 0 Å². The number of rotatable bonds is 4. The van der Waals surface area contributed by atoms with Crippen molar-refractivity contribution in [3.8, 4) is 0 Å². The molecule has 0 unspecified atom stereocenters. The topological polar surface area (TPSA) is 78.8 Å². The number of nitrogens with zero attached hydrogens (tertiary/aromatic N) is 5. The van der Waals surface area contributed by atoms with Gasteiger partial charge < -0.3 is 9.47 Å². The summed E-state index contributed by atoms with van der Waals surface area (Å²) in [6.07, 6.45) is 0. The summed E-state index contributed by atoms with van der Waals surface area (Å²) in [5, 5.41) is 0. The molecule has 1 fully saturated rings.